The van der Waals surface area contributed by atoms with Gasteiger partial charge in [0.05, 0.1) is 12.0 Å². The third-order valence-corrected chi connectivity index (χ3v) is 4.44. The van der Waals surface area contributed by atoms with Crippen molar-refractivity contribution in [3.05, 3.63) is 16.7 Å². The van der Waals surface area contributed by atoms with Gasteiger partial charge in [-0.05, 0) is 35.9 Å². The van der Waals surface area contributed by atoms with E-state index >= 15 is 0 Å². The molecule has 0 aromatic carbocycles. The van der Waals surface area contributed by atoms with Crippen LogP contribution in [-0.2, 0) is 4.74 Å². The second kappa shape index (κ2) is 7.20. The average Bonchev–Trinajstić information content (AvgIpc) is 2.90. The Morgan fingerprint density at radius 3 is 2.75 bits per heavy atom. The zero-order chi connectivity index (χ0) is 14.5. The molecular formula is C14H20ClN3OS. The van der Waals surface area contributed by atoms with Crippen molar-refractivity contribution in [2.24, 2.45) is 0 Å². The summed E-state index contributed by atoms with van der Waals surface area (Å²) in [6.45, 7) is 5.87. The normalized spacial score (nSPS) is 11.4. The van der Waals surface area contributed by atoms with Crippen molar-refractivity contribution in [2.75, 3.05) is 25.2 Å². The van der Waals surface area contributed by atoms with Crippen LogP contribution in [0.2, 0.25) is 5.28 Å². The van der Waals surface area contributed by atoms with E-state index in [1.807, 2.05) is 5.38 Å². The lowest BCUT2D eigenvalue weighted by molar-refractivity contribution is 0.202. The van der Waals surface area contributed by atoms with Gasteiger partial charge in [0.25, 0.3) is 0 Å². The Morgan fingerprint density at radius 1 is 1.35 bits per heavy atom. The zero-order valence-electron chi connectivity index (χ0n) is 12.1. The highest BCUT2D eigenvalue weighted by molar-refractivity contribution is 7.16. The summed E-state index contributed by atoms with van der Waals surface area (Å²) in [6, 6.07) is 2.49. The van der Waals surface area contributed by atoms with E-state index < -0.39 is 0 Å². The predicted octanol–water partition coefficient (Wildman–Crippen LogP) is 3.99. The Balaban J connectivity index is 2.46. The molecule has 0 aliphatic rings. The first-order valence-electron chi connectivity index (χ1n) is 6.87. The maximum atomic E-state index is 6.08. The molecule has 0 saturated carbocycles. The molecule has 0 unspecified atom stereocenters. The summed E-state index contributed by atoms with van der Waals surface area (Å²) in [5.74, 6) is 0.923. The number of anilines is 1. The SMILES string of the molecule is CCC(CC)N(CCOC)c1nc(Cl)nc2sccc12. The maximum Gasteiger partial charge on any atom is 0.225 e. The van der Waals surface area contributed by atoms with Crippen LogP contribution in [0.4, 0.5) is 5.82 Å². The van der Waals surface area contributed by atoms with Gasteiger partial charge in [0.2, 0.25) is 5.28 Å². The summed E-state index contributed by atoms with van der Waals surface area (Å²) in [5, 5.41) is 3.41. The van der Waals surface area contributed by atoms with E-state index in [1.165, 1.54) is 0 Å². The smallest absolute Gasteiger partial charge is 0.225 e. The Morgan fingerprint density at radius 2 is 2.10 bits per heavy atom. The van der Waals surface area contributed by atoms with Crippen LogP contribution < -0.4 is 4.90 Å². The Labute approximate surface area is 128 Å². The van der Waals surface area contributed by atoms with E-state index in [0.29, 0.717) is 17.9 Å². The average molecular weight is 314 g/mol. The summed E-state index contributed by atoms with van der Waals surface area (Å²) >= 11 is 7.67. The highest BCUT2D eigenvalue weighted by atomic mass is 35.5. The van der Waals surface area contributed by atoms with Gasteiger partial charge in [0.15, 0.2) is 0 Å². The fourth-order valence-corrected chi connectivity index (χ4v) is 3.39. The molecule has 4 nitrogen and oxygen atoms in total. The van der Waals surface area contributed by atoms with E-state index in [1.54, 1.807) is 18.4 Å². The van der Waals surface area contributed by atoms with Crippen LogP contribution in [-0.4, -0.2) is 36.3 Å². The van der Waals surface area contributed by atoms with Crippen molar-refractivity contribution >= 4 is 39.0 Å². The molecule has 0 atom stereocenters. The number of thiophene rings is 1. The first-order chi connectivity index (χ1) is 9.71. The number of methoxy groups -OCH3 is 1. The van der Waals surface area contributed by atoms with Crippen molar-refractivity contribution in [1.82, 2.24) is 9.97 Å². The van der Waals surface area contributed by atoms with Crippen molar-refractivity contribution in [1.29, 1.82) is 0 Å². The quantitative estimate of drug-likeness (QED) is 0.725. The molecule has 0 saturated heterocycles. The van der Waals surface area contributed by atoms with Gasteiger partial charge in [-0.25, -0.2) is 4.98 Å². The molecule has 2 rings (SSSR count). The topological polar surface area (TPSA) is 38.2 Å². The minimum atomic E-state index is 0.309. The minimum absolute atomic E-state index is 0.309. The Bertz CT molecular complexity index is 556. The van der Waals surface area contributed by atoms with Gasteiger partial charge in [0, 0.05) is 19.7 Å². The molecule has 2 aromatic heterocycles. The lowest BCUT2D eigenvalue weighted by atomic mass is 10.1. The first-order valence-corrected chi connectivity index (χ1v) is 8.13. The van der Waals surface area contributed by atoms with E-state index in [2.05, 4.69) is 34.8 Å². The molecule has 6 heteroatoms. The van der Waals surface area contributed by atoms with Crippen LogP contribution in [0.3, 0.4) is 0 Å². The molecule has 0 amide bonds. The lowest BCUT2D eigenvalue weighted by Gasteiger charge is -2.31. The standard InChI is InChI=1S/C14H20ClN3OS/c1-4-10(5-2)18(7-8-19-3)12-11-6-9-20-13(11)17-14(15)16-12/h6,9-10H,4-5,7-8H2,1-3H3. The van der Waals surface area contributed by atoms with Crippen LogP contribution in [0, 0.1) is 0 Å². The summed E-state index contributed by atoms with van der Waals surface area (Å²) < 4.78 is 5.24. The second-order valence-electron chi connectivity index (χ2n) is 4.61. The monoisotopic (exact) mass is 313 g/mol. The van der Waals surface area contributed by atoms with Gasteiger partial charge in [-0.1, -0.05) is 13.8 Å². The molecule has 0 aliphatic carbocycles. The number of rotatable bonds is 7. The highest BCUT2D eigenvalue weighted by Crippen LogP contribution is 2.31. The van der Waals surface area contributed by atoms with Crippen LogP contribution in [0.5, 0.6) is 0 Å². The van der Waals surface area contributed by atoms with Gasteiger partial charge in [-0.15, -0.1) is 11.3 Å². The number of hydrogen-bond acceptors (Lipinski definition) is 5. The molecule has 2 heterocycles. The highest BCUT2D eigenvalue weighted by Gasteiger charge is 2.20. The Hall–Kier alpha value is -0.910. The first kappa shape index (κ1) is 15.5. The van der Waals surface area contributed by atoms with Crippen LogP contribution >= 0.6 is 22.9 Å². The minimum Gasteiger partial charge on any atom is -0.383 e. The molecule has 0 radical (unpaired) electrons. The van der Waals surface area contributed by atoms with Crippen LogP contribution in [0.15, 0.2) is 11.4 Å². The molecular weight excluding hydrogens is 294 g/mol. The van der Waals surface area contributed by atoms with Crippen molar-refractivity contribution in [3.63, 3.8) is 0 Å². The summed E-state index contributed by atoms with van der Waals surface area (Å²) in [4.78, 5) is 12.0. The van der Waals surface area contributed by atoms with Crippen molar-refractivity contribution in [2.45, 2.75) is 32.7 Å². The van der Waals surface area contributed by atoms with Gasteiger partial charge < -0.3 is 9.64 Å². The van der Waals surface area contributed by atoms with Gasteiger partial charge in [-0.3, -0.25) is 0 Å². The van der Waals surface area contributed by atoms with Gasteiger partial charge >= 0.3 is 0 Å². The number of aromatic nitrogens is 2. The van der Waals surface area contributed by atoms with E-state index in [9.17, 15) is 0 Å². The number of nitrogens with zero attached hydrogens (tertiary/aromatic N) is 3. The number of fused-ring (bicyclic) bond motifs is 1. The molecule has 0 N–H and O–H groups in total. The van der Waals surface area contributed by atoms with E-state index in [4.69, 9.17) is 16.3 Å². The van der Waals surface area contributed by atoms with E-state index in [-0.39, 0.29) is 0 Å². The molecule has 0 spiro atoms. The molecule has 0 bridgehead atoms. The largest absolute Gasteiger partial charge is 0.383 e. The third-order valence-electron chi connectivity index (χ3n) is 3.47. The fraction of sp³-hybridized carbons (Fsp3) is 0.571. The second-order valence-corrected chi connectivity index (χ2v) is 5.84. The van der Waals surface area contributed by atoms with Gasteiger partial charge in [-0.2, -0.15) is 4.98 Å². The lowest BCUT2D eigenvalue weighted by Crippen LogP contribution is -2.37. The molecule has 20 heavy (non-hydrogen) atoms. The number of halogens is 1. The fourth-order valence-electron chi connectivity index (χ4n) is 2.41. The van der Waals surface area contributed by atoms with Crippen molar-refractivity contribution < 1.29 is 4.74 Å². The number of ether oxygens (including phenoxy) is 1. The van der Waals surface area contributed by atoms with Gasteiger partial charge in [0.1, 0.15) is 10.6 Å². The van der Waals surface area contributed by atoms with Crippen molar-refractivity contribution in [3.8, 4) is 0 Å². The van der Waals surface area contributed by atoms with E-state index in [0.717, 1.165) is 35.4 Å². The molecule has 0 fully saturated rings. The number of hydrogen-bond donors (Lipinski definition) is 0. The predicted molar refractivity (Wildman–Crippen MR) is 86.0 cm³/mol. The maximum absolute atomic E-state index is 6.08. The summed E-state index contributed by atoms with van der Waals surface area (Å²) in [7, 11) is 1.72. The van der Waals surface area contributed by atoms with Crippen LogP contribution in [0.1, 0.15) is 26.7 Å². The zero-order valence-corrected chi connectivity index (χ0v) is 13.7. The third kappa shape index (κ3) is 3.22. The summed E-state index contributed by atoms with van der Waals surface area (Å²) in [6.07, 6.45) is 2.13. The molecule has 0 aliphatic heterocycles. The molecule has 2 aromatic rings. The summed E-state index contributed by atoms with van der Waals surface area (Å²) in [5.41, 5.74) is 0. The molecule has 110 valence electrons. The van der Waals surface area contributed by atoms with Crippen LogP contribution in [0.25, 0.3) is 10.2 Å². The Kier molecular flexibility index (Phi) is 5.57.